The van der Waals surface area contributed by atoms with Gasteiger partial charge in [0.2, 0.25) is 0 Å². The van der Waals surface area contributed by atoms with E-state index in [2.05, 4.69) is 12.2 Å². The first-order chi connectivity index (χ1) is 7.72. The monoisotopic (exact) mass is 229 g/mol. The van der Waals surface area contributed by atoms with Crippen LogP contribution in [0.5, 0.6) is 0 Å². The van der Waals surface area contributed by atoms with E-state index in [1.807, 2.05) is 6.92 Å². The molecular formula is C12H23NO3. The molecule has 0 aliphatic carbocycles. The second-order valence-electron chi connectivity index (χ2n) is 4.35. The Hall–Kier alpha value is -0.610. The van der Waals surface area contributed by atoms with Gasteiger partial charge in [0.1, 0.15) is 0 Å². The van der Waals surface area contributed by atoms with Crippen LogP contribution in [0.4, 0.5) is 0 Å². The van der Waals surface area contributed by atoms with Crippen molar-refractivity contribution in [2.45, 2.75) is 45.1 Å². The van der Waals surface area contributed by atoms with E-state index in [1.54, 1.807) is 0 Å². The number of ether oxygens (including phenoxy) is 2. The smallest absolute Gasteiger partial charge is 0.307 e. The van der Waals surface area contributed by atoms with Gasteiger partial charge in [-0.3, -0.25) is 4.79 Å². The van der Waals surface area contributed by atoms with Crippen molar-refractivity contribution in [2.24, 2.45) is 0 Å². The Labute approximate surface area is 97.7 Å². The van der Waals surface area contributed by atoms with E-state index >= 15 is 0 Å². The molecule has 0 aromatic heterocycles. The highest BCUT2D eigenvalue weighted by atomic mass is 16.5. The van der Waals surface area contributed by atoms with Crippen molar-refractivity contribution < 1.29 is 14.3 Å². The highest BCUT2D eigenvalue weighted by Crippen LogP contribution is 2.23. The van der Waals surface area contributed by atoms with Gasteiger partial charge in [-0.25, -0.2) is 0 Å². The molecule has 0 aromatic rings. The lowest BCUT2D eigenvalue weighted by molar-refractivity contribution is -0.146. The molecular weight excluding hydrogens is 206 g/mol. The van der Waals surface area contributed by atoms with Crippen molar-refractivity contribution >= 4 is 5.97 Å². The quantitative estimate of drug-likeness (QED) is 0.701. The molecule has 1 unspecified atom stereocenters. The van der Waals surface area contributed by atoms with Crippen LogP contribution in [-0.2, 0) is 14.3 Å². The van der Waals surface area contributed by atoms with Crippen LogP contribution in [0.15, 0.2) is 0 Å². The Morgan fingerprint density at radius 2 is 2.31 bits per heavy atom. The minimum absolute atomic E-state index is 0.128. The van der Waals surface area contributed by atoms with Crippen molar-refractivity contribution in [1.82, 2.24) is 5.32 Å². The molecule has 94 valence electrons. The first-order valence-corrected chi connectivity index (χ1v) is 6.21. The summed E-state index contributed by atoms with van der Waals surface area (Å²) in [6.07, 6.45) is 3.48. The van der Waals surface area contributed by atoms with E-state index in [0.29, 0.717) is 19.6 Å². The lowest BCUT2D eigenvalue weighted by atomic mass is 9.88. The fraction of sp³-hybridized carbons (Fsp3) is 0.917. The number of nitrogens with one attached hydrogen (secondary N) is 1. The Morgan fingerprint density at radius 1 is 1.50 bits per heavy atom. The maximum absolute atomic E-state index is 11.6. The number of hydrogen-bond acceptors (Lipinski definition) is 4. The van der Waals surface area contributed by atoms with E-state index in [9.17, 15) is 4.79 Å². The van der Waals surface area contributed by atoms with Gasteiger partial charge in [0.05, 0.1) is 25.2 Å². The predicted octanol–water partition coefficient (Wildman–Crippen LogP) is 1.49. The summed E-state index contributed by atoms with van der Waals surface area (Å²) in [6.45, 7) is 6.74. The van der Waals surface area contributed by atoms with Crippen LogP contribution in [0.3, 0.4) is 0 Å². The van der Waals surface area contributed by atoms with Crippen LogP contribution >= 0.6 is 0 Å². The van der Waals surface area contributed by atoms with Crippen LogP contribution in [0.2, 0.25) is 0 Å². The molecule has 1 aliphatic heterocycles. The normalized spacial score (nSPS) is 25.4. The van der Waals surface area contributed by atoms with Crippen molar-refractivity contribution in [2.75, 3.05) is 26.4 Å². The van der Waals surface area contributed by atoms with Crippen molar-refractivity contribution in [1.29, 1.82) is 0 Å². The Kier molecular flexibility index (Phi) is 5.77. The molecule has 1 fully saturated rings. The molecule has 4 heteroatoms. The molecule has 0 amide bonds. The van der Waals surface area contributed by atoms with Gasteiger partial charge in [0, 0.05) is 6.61 Å². The van der Waals surface area contributed by atoms with Gasteiger partial charge in [-0.15, -0.1) is 0 Å². The summed E-state index contributed by atoms with van der Waals surface area (Å²) in [5, 5.41) is 3.45. The van der Waals surface area contributed by atoms with Crippen molar-refractivity contribution in [3.8, 4) is 0 Å². The van der Waals surface area contributed by atoms with Gasteiger partial charge in [-0.2, -0.15) is 0 Å². The molecule has 0 radical (unpaired) electrons. The first-order valence-electron chi connectivity index (χ1n) is 6.21. The Bertz CT molecular complexity index is 212. The molecule has 1 heterocycles. The van der Waals surface area contributed by atoms with E-state index in [0.717, 1.165) is 32.4 Å². The van der Waals surface area contributed by atoms with Crippen LogP contribution in [-0.4, -0.2) is 37.9 Å². The summed E-state index contributed by atoms with van der Waals surface area (Å²) in [4.78, 5) is 11.6. The summed E-state index contributed by atoms with van der Waals surface area (Å²) in [7, 11) is 0. The van der Waals surface area contributed by atoms with Gasteiger partial charge in [0.25, 0.3) is 0 Å². The second-order valence-corrected chi connectivity index (χ2v) is 4.35. The van der Waals surface area contributed by atoms with Gasteiger partial charge >= 0.3 is 5.97 Å². The standard InChI is InChI=1S/C12H23NO3/c1-3-7-13-12(6-5-8-15-10-12)9-11(14)16-4-2/h13H,3-10H2,1-2H3. The average Bonchev–Trinajstić information content (AvgIpc) is 2.28. The highest BCUT2D eigenvalue weighted by Gasteiger charge is 2.34. The lowest BCUT2D eigenvalue weighted by Gasteiger charge is -2.37. The Balaban J connectivity index is 2.51. The number of rotatable bonds is 6. The molecule has 0 bridgehead atoms. The molecule has 1 saturated heterocycles. The molecule has 16 heavy (non-hydrogen) atoms. The SMILES string of the molecule is CCCNC1(CC(=O)OCC)CCCOC1. The highest BCUT2D eigenvalue weighted by molar-refractivity contribution is 5.71. The first kappa shape index (κ1) is 13.5. The van der Waals surface area contributed by atoms with Gasteiger partial charge in [-0.1, -0.05) is 6.92 Å². The van der Waals surface area contributed by atoms with Crippen LogP contribution in [0.25, 0.3) is 0 Å². The topological polar surface area (TPSA) is 47.6 Å². The molecule has 1 rings (SSSR count). The number of hydrogen-bond donors (Lipinski definition) is 1. The molecule has 0 aromatic carbocycles. The maximum atomic E-state index is 11.6. The summed E-state index contributed by atoms with van der Waals surface area (Å²) in [5.74, 6) is -0.128. The zero-order valence-corrected chi connectivity index (χ0v) is 10.4. The van der Waals surface area contributed by atoms with Gasteiger partial charge in [0.15, 0.2) is 0 Å². The van der Waals surface area contributed by atoms with E-state index in [4.69, 9.17) is 9.47 Å². The molecule has 1 aliphatic rings. The largest absolute Gasteiger partial charge is 0.466 e. The van der Waals surface area contributed by atoms with Crippen LogP contribution in [0.1, 0.15) is 39.5 Å². The third-order valence-electron chi connectivity index (χ3n) is 2.86. The molecule has 1 N–H and O–H groups in total. The maximum Gasteiger partial charge on any atom is 0.307 e. The van der Waals surface area contributed by atoms with Crippen molar-refractivity contribution in [3.63, 3.8) is 0 Å². The van der Waals surface area contributed by atoms with Gasteiger partial charge in [-0.05, 0) is 32.7 Å². The third kappa shape index (κ3) is 4.10. The fourth-order valence-corrected chi connectivity index (χ4v) is 2.07. The van der Waals surface area contributed by atoms with Crippen LogP contribution in [0, 0.1) is 0 Å². The second kappa shape index (κ2) is 6.86. The minimum atomic E-state index is -0.194. The Morgan fingerprint density at radius 3 is 2.88 bits per heavy atom. The van der Waals surface area contributed by atoms with E-state index in [1.165, 1.54) is 0 Å². The summed E-state index contributed by atoms with van der Waals surface area (Å²) < 4.78 is 10.5. The zero-order chi connectivity index (χ0) is 11.9. The van der Waals surface area contributed by atoms with Crippen molar-refractivity contribution in [3.05, 3.63) is 0 Å². The van der Waals surface area contributed by atoms with E-state index in [-0.39, 0.29) is 11.5 Å². The predicted molar refractivity (Wildman–Crippen MR) is 62.3 cm³/mol. The lowest BCUT2D eigenvalue weighted by Crippen LogP contribution is -2.53. The van der Waals surface area contributed by atoms with Gasteiger partial charge < -0.3 is 14.8 Å². The molecule has 4 nitrogen and oxygen atoms in total. The van der Waals surface area contributed by atoms with Crippen LogP contribution < -0.4 is 5.32 Å². The minimum Gasteiger partial charge on any atom is -0.466 e. The number of esters is 1. The molecule has 0 saturated carbocycles. The fourth-order valence-electron chi connectivity index (χ4n) is 2.07. The zero-order valence-electron chi connectivity index (χ0n) is 10.4. The molecule has 1 atom stereocenters. The third-order valence-corrected chi connectivity index (χ3v) is 2.86. The average molecular weight is 229 g/mol. The summed E-state index contributed by atoms with van der Waals surface area (Å²) in [5.41, 5.74) is -0.194. The molecule has 0 spiro atoms. The number of carbonyl (C=O) groups is 1. The van der Waals surface area contributed by atoms with E-state index < -0.39 is 0 Å². The summed E-state index contributed by atoms with van der Waals surface area (Å²) in [6, 6.07) is 0. The summed E-state index contributed by atoms with van der Waals surface area (Å²) >= 11 is 0. The number of carbonyl (C=O) groups excluding carboxylic acids is 1.